The minimum absolute atomic E-state index is 0. The molecule has 168 valence electrons. The van der Waals surface area contributed by atoms with Crippen molar-refractivity contribution in [2.24, 2.45) is 16.3 Å². The van der Waals surface area contributed by atoms with Gasteiger partial charge in [0.15, 0.2) is 5.96 Å². The Hall–Kier alpha value is -1.61. The molecule has 5 rings (SSSR count). The van der Waals surface area contributed by atoms with Crippen LogP contribution in [0.5, 0.6) is 0 Å². The maximum atomic E-state index is 6.08. The van der Waals surface area contributed by atoms with Crippen molar-refractivity contribution in [1.82, 2.24) is 20.4 Å². The van der Waals surface area contributed by atoms with Crippen LogP contribution >= 0.6 is 24.0 Å². The first-order valence-electron chi connectivity index (χ1n) is 11.4. The Morgan fingerprint density at radius 2 is 2.10 bits per heavy atom. The molecule has 1 saturated heterocycles. The number of aliphatic imine (C=N–C) groups is 1. The molecule has 7 heteroatoms. The third-order valence-electron chi connectivity index (χ3n) is 7.31. The van der Waals surface area contributed by atoms with Crippen molar-refractivity contribution in [3.8, 4) is 5.69 Å². The Morgan fingerprint density at radius 1 is 1.29 bits per heavy atom. The standard InChI is InChI=1S/C24H33N5O.HI/c1-4-25-23(27-21-19-10-13-30-22(19)24(21)11-7-12-24)26-15-18-8-5-6-9-20(18)29-17(3)14-16(2)28-29;/h5-6,8-9,14,19,21-22H,4,7,10-13,15H2,1-3H3,(H2,25,26,27);1H. The van der Waals surface area contributed by atoms with E-state index in [1.54, 1.807) is 0 Å². The van der Waals surface area contributed by atoms with Crippen LogP contribution in [0.4, 0.5) is 0 Å². The Balaban J connectivity index is 0.00000231. The van der Waals surface area contributed by atoms with Crippen LogP contribution in [0.15, 0.2) is 35.3 Å². The van der Waals surface area contributed by atoms with E-state index in [1.807, 2.05) is 11.6 Å². The summed E-state index contributed by atoms with van der Waals surface area (Å²) in [7, 11) is 0. The van der Waals surface area contributed by atoms with Gasteiger partial charge in [-0.2, -0.15) is 5.10 Å². The first kappa shape index (κ1) is 22.6. The van der Waals surface area contributed by atoms with Gasteiger partial charge in [-0.05, 0) is 57.7 Å². The molecule has 2 N–H and O–H groups in total. The third-order valence-corrected chi connectivity index (χ3v) is 7.31. The Bertz CT molecular complexity index is 951. The molecule has 2 aliphatic carbocycles. The maximum absolute atomic E-state index is 6.08. The van der Waals surface area contributed by atoms with Crippen LogP contribution < -0.4 is 10.6 Å². The van der Waals surface area contributed by atoms with Crippen LogP contribution in [0, 0.1) is 25.2 Å². The molecule has 0 bridgehead atoms. The number of nitrogens with one attached hydrogen (secondary N) is 2. The summed E-state index contributed by atoms with van der Waals surface area (Å²) in [5, 5.41) is 11.9. The number of hydrogen-bond acceptors (Lipinski definition) is 3. The van der Waals surface area contributed by atoms with E-state index in [1.165, 1.54) is 31.2 Å². The number of aryl methyl sites for hydroxylation is 2. The molecule has 2 aromatic rings. The van der Waals surface area contributed by atoms with Crippen LogP contribution in [0.25, 0.3) is 5.69 Å². The highest BCUT2D eigenvalue weighted by atomic mass is 127. The maximum Gasteiger partial charge on any atom is 0.191 e. The van der Waals surface area contributed by atoms with Gasteiger partial charge >= 0.3 is 0 Å². The van der Waals surface area contributed by atoms with Crippen molar-refractivity contribution in [3.63, 3.8) is 0 Å². The highest BCUT2D eigenvalue weighted by Crippen LogP contribution is 2.62. The summed E-state index contributed by atoms with van der Waals surface area (Å²) in [6, 6.07) is 11.0. The van der Waals surface area contributed by atoms with Crippen LogP contribution in [0.2, 0.25) is 0 Å². The number of guanidine groups is 1. The van der Waals surface area contributed by atoms with Gasteiger partial charge in [0.1, 0.15) is 0 Å². The van der Waals surface area contributed by atoms with E-state index in [2.05, 4.69) is 59.9 Å². The molecular formula is C24H34IN5O. The van der Waals surface area contributed by atoms with E-state index >= 15 is 0 Å². The highest BCUT2D eigenvalue weighted by molar-refractivity contribution is 14.0. The second-order valence-corrected chi connectivity index (χ2v) is 9.12. The lowest BCUT2D eigenvalue weighted by Gasteiger charge is -2.63. The Labute approximate surface area is 202 Å². The molecule has 1 aromatic carbocycles. The van der Waals surface area contributed by atoms with E-state index in [9.17, 15) is 0 Å². The number of aromatic nitrogens is 2. The SMILES string of the molecule is CCNC(=NCc1ccccc1-n1nc(C)cc1C)NC1C2CCOC2C12CCC2.I. The monoisotopic (exact) mass is 535 g/mol. The van der Waals surface area contributed by atoms with Gasteiger partial charge in [0, 0.05) is 36.2 Å². The number of ether oxygens (including phenoxy) is 1. The molecule has 0 radical (unpaired) electrons. The number of benzene rings is 1. The van der Waals surface area contributed by atoms with E-state index in [0.29, 0.717) is 30.0 Å². The zero-order chi connectivity index (χ0) is 20.7. The fourth-order valence-electron chi connectivity index (χ4n) is 5.81. The van der Waals surface area contributed by atoms with Crippen LogP contribution in [-0.2, 0) is 11.3 Å². The van der Waals surface area contributed by atoms with E-state index in [-0.39, 0.29) is 24.0 Å². The second kappa shape index (κ2) is 9.10. The molecular weight excluding hydrogens is 501 g/mol. The topological polar surface area (TPSA) is 63.5 Å². The van der Waals surface area contributed by atoms with Gasteiger partial charge in [-0.15, -0.1) is 24.0 Å². The molecule has 1 aliphatic heterocycles. The minimum atomic E-state index is 0. The number of hydrogen-bond donors (Lipinski definition) is 2. The normalized spacial score (nSPS) is 25.9. The van der Waals surface area contributed by atoms with Crippen molar-refractivity contribution < 1.29 is 4.74 Å². The largest absolute Gasteiger partial charge is 0.377 e. The van der Waals surface area contributed by atoms with Crippen molar-refractivity contribution >= 4 is 29.9 Å². The molecule has 0 amide bonds. The average molecular weight is 535 g/mol. The summed E-state index contributed by atoms with van der Waals surface area (Å²) in [6.45, 7) is 8.65. The Kier molecular flexibility index (Phi) is 6.62. The van der Waals surface area contributed by atoms with Gasteiger partial charge in [-0.25, -0.2) is 9.67 Å². The van der Waals surface area contributed by atoms with Gasteiger partial charge < -0.3 is 15.4 Å². The average Bonchev–Trinajstić information content (AvgIpc) is 3.26. The number of para-hydroxylation sites is 1. The zero-order valence-electron chi connectivity index (χ0n) is 18.7. The van der Waals surface area contributed by atoms with Crippen molar-refractivity contribution in [1.29, 1.82) is 0 Å². The lowest BCUT2D eigenvalue weighted by molar-refractivity contribution is -0.171. The van der Waals surface area contributed by atoms with Crippen molar-refractivity contribution in [3.05, 3.63) is 47.3 Å². The fourth-order valence-corrected chi connectivity index (χ4v) is 5.81. The number of fused-ring (bicyclic) bond motifs is 2. The van der Waals surface area contributed by atoms with E-state index in [4.69, 9.17) is 9.73 Å². The third kappa shape index (κ3) is 3.88. The number of rotatable bonds is 5. The minimum Gasteiger partial charge on any atom is -0.377 e. The molecule has 1 spiro atoms. The molecule has 31 heavy (non-hydrogen) atoms. The lowest BCUT2D eigenvalue weighted by Crippen LogP contribution is -2.72. The van der Waals surface area contributed by atoms with Crippen LogP contribution in [0.1, 0.15) is 49.6 Å². The van der Waals surface area contributed by atoms with Gasteiger partial charge in [-0.3, -0.25) is 0 Å². The summed E-state index contributed by atoms with van der Waals surface area (Å²) in [5.74, 6) is 1.55. The molecule has 3 aliphatic rings. The summed E-state index contributed by atoms with van der Waals surface area (Å²) < 4.78 is 8.10. The van der Waals surface area contributed by atoms with E-state index < -0.39 is 0 Å². The molecule has 2 saturated carbocycles. The molecule has 3 unspecified atom stereocenters. The Morgan fingerprint density at radius 3 is 2.77 bits per heavy atom. The molecule has 2 heterocycles. The molecule has 1 aromatic heterocycles. The fraction of sp³-hybridized carbons (Fsp3) is 0.583. The quantitative estimate of drug-likeness (QED) is 0.344. The van der Waals surface area contributed by atoms with E-state index in [0.717, 1.165) is 36.2 Å². The second-order valence-electron chi connectivity index (χ2n) is 9.12. The summed E-state index contributed by atoms with van der Waals surface area (Å²) >= 11 is 0. The molecule has 3 fully saturated rings. The number of halogens is 1. The number of nitrogens with zero attached hydrogens (tertiary/aromatic N) is 3. The van der Waals surface area contributed by atoms with Gasteiger partial charge in [0.2, 0.25) is 0 Å². The van der Waals surface area contributed by atoms with Crippen LogP contribution in [-0.4, -0.2) is 41.0 Å². The predicted octanol–water partition coefficient (Wildman–Crippen LogP) is 4.12. The van der Waals surface area contributed by atoms with Gasteiger partial charge in [-0.1, -0.05) is 24.6 Å². The zero-order valence-corrected chi connectivity index (χ0v) is 21.1. The predicted molar refractivity (Wildman–Crippen MR) is 134 cm³/mol. The molecule has 6 nitrogen and oxygen atoms in total. The summed E-state index contributed by atoms with van der Waals surface area (Å²) in [5.41, 5.74) is 4.80. The van der Waals surface area contributed by atoms with Crippen molar-refractivity contribution in [2.45, 2.75) is 65.1 Å². The van der Waals surface area contributed by atoms with Crippen molar-refractivity contribution in [2.75, 3.05) is 13.2 Å². The summed E-state index contributed by atoms with van der Waals surface area (Å²) in [6.07, 6.45) is 5.54. The first-order valence-corrected chi connectivity index (χ1v) is 11.4. The summed E-state index contributed by atoms with van der Waals surface area (Å²) in [4.78, 5) is 4.98. The smallest absolute Gasteiger partial charge is 0.191 e. The first-order chi connectivity index (χ1) is 14.6. The highest BCUT2D eigenvalue weighted by Gasteiger charge is 2.66. The van der Waals surface area contributed by atoms with Crippen LogP contribution in [0.3, 0.4) is 0 Å². The molecule has 3 atom stereocenters. The van der Waals surface area contributed by atoms with Gasteiger partial charge in [0.05, 0.1) is 24.0 Å². The lowest BCUT2D eigenvalue weighted by atomic mass is 9.46. The van der Waals surface area contributed by atoms with Gasteiger partial charge in [0.25, 0.3) is 0 Å².